The van der Waals surface area contributed by atoms with Crippen molar-refractivity contribution in [3.63, 3.8) is 0 Å². The lowest BCUT2D eigenvalue weighted by atomic mass is 10.1. The van der Waals surface area contributed by atoms with Gasteiger partial charge in [-0.1, -0.05) is 15.9 Å². The lowest BCUT2D eigenvalue weighted by Gasteiger charge is -2.17. The Hall–Kier alpha value is -1.52. The largest absolute Gasteiger partial charge is 0.574 e. The van der Waals surface area contributed by atoms with Gasteiger partial charge in [-0.05, 0) is 6.07 Å². The molecule has 1 aromatic heterocycles. The van der Waals surface area contributed by atoms with Crippen molar-refractivity contribution in [3.8, 4) is 5.88 Å². The van der Waals surface area contributed by atoms with E-state index in [0.717, 1.165) is 0 Å². The third-order valence-corrected chi connectivity index (χ3v) is 2.68. The SMILES string of the molecule is O=C(O)Cc1cc(C(F)(F)F)c(CBr)c(OC(F)(F)F)n1. The molecule has 0 unspecified atom stereocenters. The number of carboxylic acids is 1. The van der Waals surface area contributed by atoms with Gasteiger partial charge in [0, 0.05) is 10.9 Å². The van der Waals surface area contributed by atoms with Gasteiger partial charge in [-0.3, -0.25) is 4.79 Å². The van der Waals surface area contributed by atoms with Crippen LogP contribution in [0.2, 0.25) is 0 Å². The number of hydrogen-bond donors (Lipinski definition) is 1. The highest BCUT2D eigenvalue weighted by Crippen LogP contribution is 2.38. The summed E-state index contributed by atoms with van der Waals surface area (Å²) in [6.07, 6.45) is -11.2. The van der Waals surface area contributed by atoms with Gasteiger partial charge in [0.2, 0.25) is 5.88 Å². The van der Waals surface area contributed by atoms with Gasteiger partial charge in [-0.2, -0.15) is 13.2 Å². The number of alkyl halides is 7. The number of nitrogens with zero attached hydrogens (tertiary/aromatic N) is 1. The van der Waals surface area contributed by atoms with Gasteiger partial charge < -0.3 is 9.84 Å². The van der Waals surface area contributed by atoms with Crippen LogP contribution in [0.1, 0.15) is 16.8 Å². The van der Waals surface area contributed by atoms with E-state index in [4.69, 9.17) is 5.11 Å². The van der Waals surface area contributed by atoms with Gasteiger partial charge in [0.25, 0.3) is 0 Å². The Kier molecular flexibility index (Phi) is 5.07. The van der Waals surface area contributed by atoms with Gasteiger partial charge in [0.1, 0.15) is 0 Å². The van der Waals surface area contributed by atoms with Crippen LogP contribution < -0.4 is 4.74 Å². The molecule has 0 atom stereocenters. The summed E-state index contributed by atoms with van der Waals surface area (Å²) in [6.45, 7) is 0. The first-order valence-corrected chi connectivity index (χ1v) is 6.19. The van der Waals surface area contributed by atoms with Crippen LogP contribution in [-0.2, 0) is 22.7 Å². The Morgan fingerprint density at radius 1 is 1.29 bits per heavy atom. The van der Waals surface area contributed by atoms with E-state index in [1.54, 1.807) is 0 Å². The van der Waals surface area contributed by atoms with E-state index in [0.29, 0.717) is 6.07 Å². The summed E-state index contributed by atoms with van der Waals surface area (Å²) in [4.78, 5) is 13.7. The number of halogens is 7. The summed E-state index contributed by atoms with van der Waals surface area (Å²) < 4.78 is 78.6. The molecule has 1 N–H and O–H groups in total. The molecule has 118 valence electrons. The Labute approximate surface area is 121 Å². The number of rotatable bonds is 4. The van der Waals surface area contributed by atoms with Crippen LogP contribution in [0.15, 0.2) is 6.07 Å². The number of aromatic nitrogens is 1. The number of aliphatic carboxylic acids is 1. The van der Waals surface area contributed by atoms with Crippen molar-refractivity contribution in [1.29, 1.82) is 0 Å². The highest BCUT2D eigenvalue weighted by atomic mass is 79.9. The first-order chi connectivity index (χ1) is 9.44. The molecular formula is C10H6BrF6NO3. The lowest BCUT2D eigenvalue weighted by molar-refractivity contribution is -0.276. The second kappa shape index (κ2) is 6.08. The Bertz CT molecular complexity index is 543. The van der Waals surface area contributed by atoms with E-state index >= 15 is 0 Å². The Morgan fingerprint density at radius 3 is 2.24 bits per heavy atom. The lowest BCUT2D eigenvalue weighted by Crippen LogP contribution is -2.21. The van der Waals surface area contributed by atoms with Crippen molar-refractivity contribution < 1.29 is 41.0 Å². The van der Waals surface area contributed by atoms with Crippen molar-refractivity contribution in [2.45, 2.75) is 24.3 Å². The molecule has 1 heterocycles. The molecule has 0 aliphatic rings. The highest BCUT2D eigenvalue weighted by molar-refractivity contribution is 9.08. The van der Waals surface area contributed by atoms with Crippen LogP contribution in [0.3, 0.4) is 0 Å². The van der Waals surface area contributed by atoms with E-state index in [1.807, 2.05) is 0 Å². The predicted molar refractivity (Wildman–Crippen MR) is 59.9 cm³/mol. The van der Waals surface area contributed by atoms with Gasteiger partial charge in [-0.15, -0.1) is 13.2 Å². The van der Waals surface area contributed by atoms with Crippen LogP contribution >= 0.6 is 15.9 Å². The molecular weight excluding hydrogens is 376 g/mol. The molecule has 21 heavy (non-hydrogen) atoms. The average molecular weight is 382 g/mol. The van der Waals surface area contributed by atoms with E-state index in [-0.39, 0.29) is 0 Å². The van der Waals surface area contributed by atoms with Gasteiger partial charge >= 0.3 is 18.5 Å². The Morgan fingerprint density at radius 2 is 1.86 bits per heavy atom. The van der Waals surface area contributed by atoms with Crippen LogP contribution in [0.5, 0.6) is 5.88 Å². The number of hydrogen-bond acceptors (Lipinski definition) is 3. The maximum Gasteiger partial charge on any atom is 0.574 e. The summed E-state index contributed by atoms with van der Waals surface area (Å²) in [6, 6.07) is 0.383. The van der Waals surface area contributed by atoms with Crippen LogP contribution in [0.4, 0.5) is 26.3 Å². The maximum atomic E-state index is 12.8. The molecule has 0 radical (unpaired) electrons. The molecule has 1 rings (SSSR count). The normalized spacial score (nSPS) is 12.3. The predicted octanol–water partition coefficient (Wildman–Crippen LogP) is 3.52. The molecule has 0 amide bonds. The van der Waals surface area contributed by atoms with E-state index < -0.39 is 53.0 Å². The molecule has 4 nitrogen and oxygen atoms in total. The van der Waals surface area contributed by atoms with Crippen molar-refractivity contribution in [1.82, 2.24) is 4.98 Å². The molecule has 0 aliphatic carbocycles. The second-order valence-corrected chi connectivity index (χ2v) is 4.26. The zero-order chi connectivity index (χ0) is 16.4. The number of carboxylic acid groups (broad SMARTS) is 1. The Balaban J connectivity index is 3.48. The first-order valence-electron chi connectivity index (χ1n) is 5.07. The van der Waals surface area contributed by atoms with E-state index in [1.165, 1.54) is 0 Å². The van der Waals surface area contributed by atoms with Crippen LogP contribution in [0, 0.1) is 0 Å². The van der Waals surface area contributed by atoms with E-state index in [2.05, 4.69) is 25.7 Å². The highest BCUT2D eigenvalue weighted by Gasteiger charge is 2.39. The fourth-order valence-corrected chi connectivity index (χ4v) is 1.96. The molecule has 0 bridgehead atoms. The third-order valence-electron chi connectivity index (χ3n) is 2.12. The minimum absolute atomic E-state index is 0.383. The minimum atomic E-state index is -5.26. The van der Waals surface area contributed by atoms with Crippen molar-refractivity contribution in [2.24, 2.45) is 0 Å². The summed E-state index contributed by atoms with van der Waals surface area (Å²) >= 11 is 2.63. The summed E-state index contributed by atoms with van der Waals surface area (Å²) in [5.74, 6) is -2.87. The van der Waals surface area contributed by atoms with Crippen LogP contribution in [-0.4, -0.2) is 22.4 Å². The minimum Gasteiger partial charge on any atom is -0.481 e. The smallest absolute Gasteiger partial charge is 0.481 e. The summed E-state index contributed by atoms with van der Waals surface area (Å²) in [5.41, 5.74) is -3.00. The van der Waals surface area contributed by atoms with Crippen molar-refractivity contribution in [2.75, 3.05) is 0 Å². The summed E-state index contributed by atoms with van der Waals surface area (Å²) in [7, 11) is 0. The zero-order valence-electron chi connectivity index (χ0n) is 9.85. The molecule has 0 spiro atoms. The first kappa shape index (κ1) is 17.5. The standard InChI is InChI=1S/C10H6BrF6NO3/c11-3-5-6(9(12,13)14)1-4(2-7(19)20)18-8(5)21-10(15,16)17/h1H,2-3H2,(H,19,20). The number of ether oxygens (including phenoxy) is 1. The molecule has 0 saturated heterocycles. The maximum absolute atomic E-state index is 12.8. The van der Waals surface area contributed by atoms with Gasteiger partial charge in [0.15, 0.2) is 0 Å². The molecule has 0 aliphatic heterocycles. The molecule has 0 fully saturated rings. The van der Waals surface area contributed by atoms with Crippen molar-refractivity contribution >= 4 is 21.9 Å². The van der Waals surface area contributed by atoms with Gasteiger partial charge in [-0.25, -0.2) is 4.98 Å². The molecule has 0 saturated carbocycles. The summed E-state index contributed by atoms with van der Waals surface area (Å²) in [5, 5.41) is 7.91. The molecule has 0 aromatic carbocycles. The van der Waals surface area contributed by atoms with E-state index in [9.17, 15) is 31.1 Å². The van der Waals surface area contributed by atoms with Crippen LogP contribution in [0.25, 0.3) is 0 Å². The number of carbonyl (C=O) groups is 1. The second-order valence-electron chi connectivity index (χ2n) is 3.69. The zero-order valence-corrected chi connectivity index (χ0v) is 11.4. The van der Waals surface area contributed by atoms with Crippen molar-refractivity contribution in [3.05, 3.63) is 22.9 Å². The monoisotopic (exact) mass is 381 g/mol. The molecule has 1 aromatic rings. The topological polar surface area (TPSA) is 59.4 Å². The fraction of sp³-hybridized carbons (Fsp3) is 0.400. The number of pyridine rings is 1. The van der Waals surface area contributed by atoms with Gasteiger partial charge in [0.05, 0.1) is 17.7 Å². The quantitative estimate of drug-likeness (QED) is 0.640. The fourth-order valence-electron chi connectivity index (χ4n) is 1.42. The average Bonchev–Trinajstić information content (AvgIpc) is 2.23. The molecule has 11 heteroatoms. The third kappa shape index (κ3) is 5.06.